The molecule has 1 N–H and O–H groups in total. The van der Waals surface area contributed by atoms with Gasteiger partial charge < -0.3 is 10.2 Å². The molecule has 1 aliphatic heterocycles. The SMILES string of the molecule is CCc1ccc(C2CNCCN2C(=O)c2cccc(F)c2)cc1. The number of carbonyl (C=O) groups excluding carboxylic acids is 1. The Balaban J connectivity index is 1.87. The average Bonchev–Trinajstić information content (AvgIpc) is 2.61. The summed E-state index contributed by atoms with van der Waals surface area (Å²) in [6, 6.07) is 14.3. The normalized spacial score (nSPS) is 18.0. The molecule has 4 heteroatoms. The number of hydrogen-bond donors (Lipinski definition) is 1. The van der Waals surface area contributed by atoms with E-state index in [1.54, 1.807) is 12.1 Å². The number of halogens is 1. The van der Waals surface area contributed by atoms with E-state index < -0.39 is 0 Å². The summed E-state index contributed by atoms with van der Waals surface area (Å²) in [6.07, 6.45) is 0.995. The zero-order valence-electron chi connectivity index (χ0n) is 13.3. The van der Waals surface area contributed by atoms with Crippen molar-refractivity contribution < 1.29 is 9.18 Å². The molecule has 23 heavy (non-hydrogen) atoms. The van der Waals surface area contributed by atoms with Gasteiger partial charge in [0.15, 0.2) is 0 Å². The second-order valence-electron chi connectivity index (χ2n) is 5.82. The summed E-state index contributed by atoms with van der Waals surface area (Å²) in [4.78, 5) is 14.6. The van der Waals surface area contributed by atoms with Gasteiger partial charge in [0.05, 0.1) is 6.04 Å². The molecule has 1 fully saturated rings. The number of amides is 1. The molecule has 1 heterocycles. The van der Waals surface area contributed by atoms with Gasteiger partial charge in [0, 0.05) is 25.2 Å². The summed E-state index contributed by atoms with van der Waals surface area (Å²) in [5.41, 5.74) is 2.79. The van der Waals surface area contributed by atoms with Crippen LogP contribution >= 0.6 is 0 Å². The Morgan fingerprint density at radius 2 is 2.04 bits per heavy atom. The summed E-state index contributed by atoms with van der Waals surface area (Å²) in [5, 5.41) is 3.34. The monoisotopic (exact) mass is 312 g/mol. The molecular weight excluding hydrogens is 291 g/mol. The molecule has 1 saturated heterocycles. The number of rotatable bonds is 3. The lowest BCUT2D eigenvalue weighted by Gasteiger charge is -2.36. The van der Waals surface area contributed by atoms with Crippen LogP contribution in [-0.4, -0.2) is 30.4 Å². The highest BCUT2D eigenvalue weighted by Gasteiger charge is 2.28. The second-order valence-corrected chi connectivity index (χ2v) is 5.82. The largest absolute Gasteiger partial charge is 0.329 e. The van der Waals surface area contributed by atoms with Crippen LogP contribution in [0.2, 0.25) is 0 Å². The fraction of sp³-hybridized carbons (Fsp3) is 0.316. The van der Waals surface area contributed by atoms with Crippen molar-refractivity contribution in [2.24, 2.45) is 0 Å². The molecule has 2 aromatic rings. The van der Waals surface area contributed by atoms with Crippen molar-refractivity contribution in [2.75, 3.05) is 19.6 Å². The minimum Gasteiger partial charge on any atom is -0.329 e. The van der Waals surface area contributed by atoms with Crippen molar-refractivity contribution in [1.29, 1.82) is 0 Å². The van der Waals surface area contributed by atoms with E-state index in [1.165, 1.54) is 17.7 Å². The zero-order chi connectivity index (χ0) is 16.2. The zero-order valence-corrected chi connectivity index (χ0v) is 13.3. The van der Waals surface area contributed by atoms with Gasteiger partial charge in [-0.1, -0.05) is 37.3 Å². The molecule has 0 radical (unpaired) electrons. The summed E-state index contributed by atoms with van der Waals surface area (Å²) >= 11 is 0. The van der Waals surface area contributed by atoms with Gasteiger partial charge in [0.1, 0.15) is 5.82 Å². The topological polar surface area (TPSA) is 32.3 Å². The average molecular weight is 312 g/mol. The van der Waals surface area contributed by atoms with Gasteiger partial charge in [0.25, 0.3) is 5.91 Å². The van der Waals surface area contributed by atoms with E-state index in [-0.39, 0.29) is 17.8 Å². The predicted molar refractivity (Wildman–Crippen MR) is 88.9 cm³/mol. The molecule has 1 atom stereocenters. The van der Waals surface area contributed by atoms with Crippen LogP contribution in [-0.2, 0) is 6.42 Å². The quantitative estimate of drug-likeness (QED) is 0.944. The number of nitrogens with zero attached hydrogens (tertiary/aromatic N) is 1. The lowest BCUT2D eigenvalue weighted by Crippen LogP contribution is -2.48. The van der Waals surface area contributed by atoms with Gasteiger partial charge in [0.2, 0.25) is 0 Å². The number of piperazine rings is 1. The lowest BCUT2D eigenvalue weighted by atomic mass is 10.00. The van der Waals surface area contributed by atoms with Crippen LogP contribution in [0, 0.1) is 5.82 Å². The Morgan fingerprint density at radius 1 is 1.26 bits per heavy atom. The van der Waals surface area contributed by atoms with Gasteiger partial charge in [-0.15, -0.1) is 0 Å². The number of hydrogen-bond acceptors (Lipinski definition) is 2. The van der Waals surface area contributed by atoms with Crippen molar-refractivity contribution in [3.63, 3.8) is 0 Å². The summed E-state index contributed by atoms with van der Waals surface area (Å²) in [5.74, 6) is -0.495. The molecular formula is C19H21FN2O. The van der Waals surface area contributed by atoms with Crippen LogP contribution in [0.4, 0.5) is 4.39 Å². The third-order valence-electron chi connectivity index (χ3n) is 4.35. The molecule has 3 rings (SSSR count). The van der Waals surface area contributed by atoms with Gasteiger partial charge >= 0.3 is 0 Å². The maximum absolute atomic E-state index is 13.4. The van der Waals surface area contributed by atoms with Crippen LogP contribution in [0.1, 0.15) is 34.5 Å². The molecule has 1 unspecified atom stereocenters. The predicted octanol–water partition coefficient (Wildman–Crippen LogP) is 3.17. The van der Waals surface area contributed by atoms with Crippen LogP contribution in [0.25, 0.3) is 0 Å². The molecule has 3 nitrogen and oxygen atoms in total. The molecule has 1 amide bonds. The van der Waals surface area contributed by atoms with E-state index in [1.807, 2.05) is 4.90 Å². The smallest absolute Gasteiger partial charge is 0.254 e. The third-order valence-corrected chi connectivity index (χ3v) is 4.35. The molecule has 0 saturated carbocycles. The molecule has 120 valence electrons. The standard InChI is InChI=1S/C19H21FN2O/c1-2-14-6-8-15(9-7-14)18-13-21-10-11-22(18)19(23)16-4-3-5-17(20)12-16/h3-9,12,18,21H,2,10-11,13H2,1H3. The van der Waals surface area contributed by atoms with E-state index in [0.717, 1.165) is 18.5 Å². The van der Waals surface area contributed by atoms with Crippen LogP contribution in [0.15, 0.2) is 48.5 Å². The molecule has 2 aromatic carbocycles. The van der Waals surface area contributed by atoms with Gasteiger partial charge in [-0.05, 0) is 35.7 Å². The number of aryl methyl sites for hydroxylation is 1. The van der Waals surface area contributed by atoms with E-state index in [9.17, 15) is 9.18 Å². The summed E-state index contributed by atoms with van der Waals surface area (Å²) in [6.45, 7) is 4.21. The molecule has 0 aliphatic carbocycles. The number of nitrogens with one attached hydrogen (secondary N) is 1. The highest BCUT2D eigenvalue weighted by Crippen LogP contribution is 2.25. The van der Waals surface area contributed by atoms with Gasteiger partial charge in [-0.25, -0.2) is 4.39 Å². The van der Waals surface area contributed by atoms with Crippen molar-refractivity contribution >= 4 is 5.91 Å². The van der Waals surface area contributed by atoms with Gasteiger partial charge in [-0.2, -0.15) is 0 Å². The Hall–Kier alpha value is -2.20. The highest BCUT2D eigenvalue weighted by atomic mass is 19.1. The Bertz CT molecular complexity index is 684. The number of carbonyl (C=O) groups is 1. The first-order valence-electron chi connectivity index (χ1n) is 8.05. The van der Waals surface area contributed by atoms with E-state index in [4.69, 9.17) is 0 Å². The van der Waals surface area contributed by atoms with Crippen LogP contribution in [0.5, 0.6) is 0 Å². The minimum absolute atomic E-state index is 0.0228. The van der Waals surface area contributed by atoms with Crippen LogP contribution in [0.3, 0.4) is 0 Å². The lowest BCUT2D eigenvalue weighted by molar-refractivity contribution is 0.0634. The first-order chi connectivity index (χ1) is 11.2. The van der Waals surface area contributed by atoms with E-state index in [0.29, 0.717) is 18.7 Å². The summed E-state index contributed by atoms with van der Waals surface area (Å²) < 4.78 is 13.4. The first kappa shape index (κ1) is 15.7. The maximum atomic E-state index is 13.4. The Morgan fingerprint density at radius 3 is 2.74 bits per heavy atom. The Labute approximate surface area is 136 Å². The Kier molecular flexibility index (Phi) is 4.72. The molecule has 0 aromatic heterocycles. The van der Waals surface area contributed by atoms with Crippen molar-refractivity contribution in [2.45, 2.75) is 19.4 Å². The molecule has 1 aliphatic rings. The first-order valence-corrected chi connectivity index (χ1v) is 8.05. The highest BCUT2D eigenvalue weighted by molar-refractivity contribution is 5.94. The fourth-order valence-electron chi connectivity index (χ4n) is 3.01. The van der Waals surface area contributed by atoms with E-state index >= 15 is 0 Å². The minimum atomic E-state index is -0.380. The van der Waals surface area contributed by atoms with Crippen molar-refractivity contribution in [1.82, 2.24) is 10.2 Å². The van der Waals surface area contributed by atoms with Crippen LogP contribution < -0.4 is 5.32 Å². The van der Waals surface area contributed by atoms with E-state index in [2.05, 4.69) is 36.5 Å². The number of benzene rings is 2. The third kappa shape index (κ3) is 3.42. The molecule has 0 spiro atoms. The molecule has 0 bridgehead atoms. The fourth-order valence-corrected chi connectivity index (χ4v) is 3.01. The van der Waals surface area contributed by atoms with Crippen molar-refractivity contribution in [3.8, 4) is 0 Å². The summed E-state index contributed by atoms with van der Waals surface area (Å²) in [7, 11) is 0. The van der Waals surface area contributed by atoms with Crippen molar-refractivity contribution in [3.05, 3.63) is 71.0 Å². The van der Waals surface area contributed by atoms with Gasteiger partial charge in [-0.3, -0.25) is 4.79 Å². The second kappa shape index (κ2) is 6.92. The maximum Gasteiger partial charge on any atom is 0.254 e.